The number of carbonyl (C=O) groups is 1. The van der Waals surface area contributed by atoms with Gasteiger partial charge in [-0.25, -0.2) is 0 Å². The van der Waals surface area contributed by atoms with Crippen LogP contribution in [0.3, 0.4) is 0 Å². The molecule has 1 aliphatic heterocycles. The third-order valence-electron chi connectivity index (χ3n) is 4.03. The molecule has 3 heterocycles. The normalized spacial score (nSPS) is 18.4. The van der Waals surface area contributed by atoms with Crippen LogP contribution in [0.1, 0.15) is 22.6 Å². The molecule has 2 aromatic rings. The Morgan fingerprint density at radius 1 is 1.48 bits per heavy atom. The highest BCUT2D eigenvalue weighted by Crippen LogP contribution is 2.20. The van der Waals surface area contributed by atoms with Crippen molar-refractivity contribution >= 4 is 5.91 Å². The first kappa shape index (κ1) is 13.9. The first-order valence-electron chi connectivity index (χ1n) is 7.12. The van der Waals surface area contributed by atoms with Gasteiger partial charge in [0.15, 0.2) is 0 Å². The van der Waals surface area contributed by atoms with Crippen molar-refractivity contribution in [2.75, 3.05) is 13.7 Å². The van der Waals surface area contributed by atoms with Crippen LogP contribution in [0.2, 0.25) is 0 Å². The van der Waals surface area contributed by atoms with E-state index in [0.29, 0.717) is 18.8 Å². The number of carbonyl (C=O) groups excluding carboxylic acids is 1. The topological polar surface area (TPSA) is 52.3 Å². The summed E-state index contributed by atoms with van der Waals surface area (Å²) in [5, 5.41) is 4.32. The number of fused-ring (bicyclic) bond motifs is 1. The Labute approximate surface area is 123 Å². The van der Waals surface area contributed by atoms with Crippen LogP contribution in [-0.4, -0.2) is 44.9 Å². The van der Waals surface area contributed by atoms with E-state index in [1.54, 1.807) is 13.3 Å². The summed E-state index contributed by atoms with van der Waals surface area (Å²) in [5.41, 5.74) is 1.76. The summed E-state index contributed by atoms with van der Waals surface area (Å²) in [6, 6.07) is 5.79. The summed E-state index contributed by atoms with van der Waals surface area (Å²) in [7, 11) is 3.56. The number of nitrogens with zero attached hydrogens (tertiary/aromatic N) is 4. The molecule has 1 amide bonds. The summed E-state index contributed by atoms with van der Waals surface area (Å²) < 4.78 is 9.14. The van der Waals surface area contributed by atoms with Gasteiger partial charge < -0.3 is 14.2 Å². The van der Waals surface area contributed by atoms with Crippen molar-refractivity contribution in [3.63, 3.8) is 0 Å². The fourth-order valence-electron chi connectivity index (χ4n) is 2.86. The van der Waals surface area contributed by atoms with Gasteiger partial charge in [-0.15, -0.1) is 0 Å². The molecule has 6 nitrogen and oxygen atoms in total. The van der Waals surface area contributed by atoms with Gasteiger partial charge in [0, 0.05) is 33.1 Å². The van der Waals surface area contributed by atoms with Gasteiger partial charge in [0.1, 0.15) is 5.69 Å². The number of aromatic nitrogens is 3. The Morgan fingerprint density at radius 3 is 3.05 bits per heavy atom. The van der Waals surface area contributed by atoms with Crippen LogP contribution in [0.15, 0.2) is 30.6 Å². The smallest absolute Gasteiger partial charge is 0.271 e. The SMILES string of the molecule is COC[C@@H]1CCn2nccc2CN1C(=O)c1cccn1C. The number of methoxy groups -OCH3 is 1. The van der Waals surface area contributed by atoms with E-state index >= 15 is 0 Å². The molecule has 112 valence electrons. The van der Waals surface area contributed by atoms with E-state index in [9.17, 15) is 4.79 Å². The molecular formula is C15H20N4O2. The average molecular weight is 288 g/mol. The van der Waals surface area contributed by atoms with E-state index in [1.807, 2.05) is 45.6 Å². The molecule has 0 radical (unpaired) electrons. The molecule has 0 saturated carbocycles. The Morgan fingerprint density at radius 2 is 2.33 bits per heavy atom. The van der Waals surface area contributed by atoms with Crippen molar-refractivity contribution in [1.29, 1.82) is 0 Å². The zero-order valence-corrected chi connectivity index (χ0v) is 12.4. The minimum atomic E-state index is 0.0409. The largest absolute Gasteiger partial charge is 0.383 e. The summed E-state index contributed by atoms with van der Waals surface area (Å²) in [6.45, 7) is 1.92. The molecule has 0 saturated heterocycles. The zero-order chi connectivity index (χ0) is 14.8. The monoisotopic (exact) mass is 288 g/mol. The number of aryl methyl sites for hydroxylation is 2. The van der Waals surface area contributed by atoms with Crippen LogP contribution < -0.4 is 0 Å². The lowest BCUT2D eigenvalue weighted by Gasteiger charge is -2.29. The molecule has 0 unspecified atom stereocenters. The van der Waals surface area contributed by atoms with Crippen LogP contribution in [0.4, 0.5) is 0 Å². The predicted octanol–water partition coefficient (Wildman–Crippen LogP) is 1.28. The second kappa shape index (κ2) is 5.73. The number of rotatable bonds is 3. The molecule has 0 N–H and O–H groups in total. The van der Waals surface area contributed by atoms with Gasteiger partial charge >= 0.3 is 0 Å². The molecule has 1 aliphatic rings. The van der Waals surface area contributed by atoms with Crippen molar-refractivity contribution < 1.29 is 9.53 Å². The second-order valence-corrected chi connectivity index (χ2v) is 5.38. The van der Waals surface area contributed by atoms with Crippen molar-refractivity contribution in [1.82, 2.24) is 19.2 Å². The molecule has 3 rings (SSSR count). The molecule has 6 heteroatoms. The van der Waals surface area contributed by atoms with E-state index < -0.39 is 0 Å². The molecule has 0 aliphatic carbocycles. The van der Waals surface area contributed by atoms with Crippen molar-refractivity contribution in [3.05, 3.63) is 42.0 Å². The van der Waals surface area contributed by atoms with Crippen LogP contribution in [0.25, 0.3) is 0 Å². The lowest BCUT2D eigenvalue weighted by molar-refractivity contribution is 0.0494. The minimum Gasteiger partial charge on any atom is -0.383 e. The maximum absolute atomic E-state index is 12.9. The van der Waals surface area contributed by atoms with Gasteiger partial charge in [0.25, 0.3) is 5.91 Å². The lowest BCUT2D eigenvalue weighted by Crippen LogP contribution is -2.42. The highest BCUT2D eigenvalue weighted by Gasteiger charge is 2.29. The summed E-state index contributed by atoms with van der Waals surface area (Å²) >= 11 is 0. The van der Waals surface area contributed by atoms with Gasteiger partial charge in [0.05, 0.1) is 24.9 Å². The van der Waals surface area contributed by atoms with Crippen LogP contribution in [0.5, 0.6) is 0 Å². The third-order valence-corrected chi connectivity index (χ3v) is 4.03. The van der Waals surface area contributed by atoms with Gasteiger partial charge in [-0.2, -0.15) is 5.10 Å². The first-order valence-corrected chi connectivity index (χ1v) is 7.12. The Hall–Kier alpha value is -2.08. The fraction of sp³-hybridized carbons (Fsp3) is 0.467. The molecule has 1 atom stereocenters. The first-order chi connectivity index (χ1) is 10.2. The minimum absolute atomic E-state index is 0.0409. The molecule has 2 aromatic heterocycles. The summed E-state index contributed by atoms with van der Waals surface area (Å²) in [6.07, 6.45) is 4.52. The number of hydrogen-bond donors (Lipinski definition) is 0. The van der Waals surface area contributed by atoms with Gasteiger partial charge in [-0.3, -0.25) is 9.48 Å². The Kier molecular flexibility index (Phi) is 3.79. The predicted molar refractivity (Wildman–Crippen MR) is 77.8 cm³/mol. The number of ether oxygens (including phenoxy) is 1. The fourth-order valence-corrected chi connectivity index (χ4v) is 2.86. The van der Waals surface area contributed by atoms with Crippen LogP contribution >= 0.6 is 0 Å². The van der Waals surface area contributed by atoms with Crippen molar-refractivity contribution in [3.8, 4) is 0 Å². The highest BCUT2D eigenvalue weighted by atomic mass is 16.5. The second-order valence-electron chi connectivity index (χ2n) is 5.38. The quantitative estimate of drug-likeness (QED) is 0.855. The maximum atomic E-state index is 12.9. The van der Waals surface area contributed by atoms with Gasteiger partial charge in [-0.1, -0.05) is 0 Å². The van der Waals surface area contributed by atoms with E-state index in [0.717, 1.165) is 18.7 Å². The van der Waals surface area contributed by atoms with E-state index in [-0.39, 0.29) is 11.9 Å². The number of hydrogen-bond acceptors (Lipinski definition) is 3. The lowest BCUT2D eigenvalue weighted by atomic mass is 10.1. The summed E-state index contributed by atoms with van der Waals surface area (Å²) in [5.74, 6) is 0.0409. The molecule has 0 aromatic carbocycles. The van der Waals surface area contributed by atoms with Crippen molar-refractivity contribution in [2.24, 2.45) is 7.05 Å². The molecule has 0 spiro atoms. The molecule has 0 fully saturated rings. The van der Waals surface area contributed by atoms with E-state index in [2.05, 4.69) is 5.10 Å². The molecule has 0 bridgehead atoms. The average Bonchev–Trinajstić information content (AvgIpc) is 3.06. The Balaban J connectivity index is 1.91. The van der Waals surface area contributed by atoms with E-state index in [4.69, 9.17) is 4.74 Å². The highest BCUT2D eigenvalue weighted by molar-refractivity contribution is 5.93. The van der Waals surface area contributed by atoms with Crippen molar-refractivity contribution in [2.45, 2.75) is 25.6 Å². The standard InChI is InChI=1S/C15H20N4O2/c1-17-8-3-4-14(17)15(20)18-10-12-5-7-16-19(12)9-6-13(18)11-21-2/h3-5,7-8,13H,6,9-11H2,1-2H3/t13-/m0/s1. The van der Waals surface area contributed by atoms with E-state index in [1.165, 1.54) is 0 Å². The summed E-state index contributed by atoms with van der Waals surface area (Å²) in [4.78, 5) is 14.8. The van der Waals surface area contributed by atoms with Gasteiger partial charge in [-0.05, 0) is 24.6 Å². The molecule has 21 heavy (non-hydrogen) atoms. The zero-order valence-electron chi connectivity index (χ0n) is 12.4. The Bertz CT molecular complexity index is 631. The maximum Gasteiger partial charge on any atom is 0.271 e. The number of amides is 1. The van der Waals surface area contributed by atoms with Gasteiger partial charge in [0.2, 0.25) is 0 Å². The van der Waals surface area contributed by atoms with Crippen LogP contribution in [0, 0.1) is 0 Å². The van der Waals surface area contributed by atoms with Crippen LogP contribution in [-0.2, 0) is 24.9 Å². The molecular weight excluding hydrogens is 268 g/mol. The third kappa shape index (κ3) is 2.58.